The van der Waals surface area contributed by atoms with Gasteiger partial charge >= 0.3 is 6.18 Å². The average molecular weight is 610 g/mol. The standard InChI is InChI=1S/C31H27F4N5O4/c1-37-28(42)24-22-14-20(18-7-10-23(43-2)21(13-18)27(41)40-30(15-36)11-3-4-12-30)26(38-16-31(33,34)35)39-29(22)44-25(24)17-5-8-19(32)9-6-17/h5-10,13-14H,3-4,11-12,16H2,1-2H3,(H,37,42)(H,38,39)(H,40,41). The summed E-state index contributed by atoms with van der Waals surface area (Å²) in [6.07, 6.45) is -2.06. The molecule has 3 N–H and O–H groups in total. The Morgan fingerprint density at radius 3 is 2.36 bits per heavy atom. The van der Waals surface area contributed by atoms with E-state index in [0.29, 0.717) is 18.4 Å². The maximum absolute atomic E-state index is 13.6. The van der Waals surface area contributed by atoms with Crippen LogP contribution in [-0.2, 0) is 0 Å². The van der Waals surface area contributed by atoms with Crippen molar-refractivity contribution in [2.24, 2.45) is 0 Å². The van der Waals surface area contributed by atoms with E-state index in [4.69, 9.17) is 9.15 Å². The van der Waals surface area contributed by atoms with Crippen LogP contribution in [0.15, 0.2) is 52.9 Å². The Hall–Kier alpha value is -5.12. The first-order chi connectivity index (χ1) is 21.0. The number of anilines is 1. The van der Waals surface area contributed by atoms with Crippen molar-refractivity contribution in [3.63, 3.8) is 0 Å². The molecule has 5 rings (SSSR count). The SMILES string of the molecule is CNC(=O)c1c(-c2ccc(F)cc2)oc2nc(NCC(F)(F)F)c(-c3ccc(OC)c(C(=O)NC4(C#N)CCCC4)c3)cc12. The summed E-state index contributed by atoms with van der Waals surface area (Å²) in [7, 11) is 2.76. The van der Waals surface area contributed by atoms with Gasteiger partial charge in [-0.25, -0.2) is 4.39 Å². The number of hydrogen-bond acceptors (Lipinski definition) is 7. The molecule has 0 saturated heterocycles. The number of benzene rings is 2. The molecule has 1 saturated carbocycles. The van der Waals surface area contributed by atoms with Gasteiger partial charge in [0.2, 0.25) is 5.71 Å². The summed E-state index contributed by atoms with van der Waals surface area (Å²) in [6, 6.07) is 13.2. The van der Waals surface area contributed by atoms with Crippen LogP contribution in [0, 0.1) is 17.1 Å². The van der Waals surface area contributed by atoms with Crippen molar-refractivity contribution in [2.45, 2.75) is 37.4 Å². The Morgan fingerprint density at radius 1 is 1.07 bits per heavy atom. The highest BCUT2D eigenvalue weighted by molar-refractivity contribution is 6.11. The highest BCUT2D eigenvalue weighted by atomic mass is 19.4. The minimum Gasteiger partial charge on any atom is -0.496 e. The molecule has 2 aromatic carbocycles. The van der Waals surface area contributed by atoms with E-state index in [9.17, 15) is 32.4 Å². The lowest BCUT2D eigenvalue weighted by atomic mass is 9.97. The summed E-state index contributed by atoms with van der Waals surface area (Å²) in [5.74, 6) is -1.67. The van der Waals surface area contributed by atoms with Crippen molar-refractivity contribution >= 4 is 28.7 Å². The summed E-state index contributed by atoms with van der Waals surface area (Å²) in [6.45, 7) is -1.43. The van der Waals surface area contributed by atoms with Crippen LogP contribution < -0.4 is 20.7 Å². The molecule has 2 heterocycles. The Balaban J connectivity index is 1.69. The van der Waals surface area contributed by atoms with Crippen LogP contribution in [0.5, 0.6) is 5.75 Å². The number of nitrogens with one attached hydrogen (secondary N) is 3. The minimum atomic E-state index is -4.60. The van der Waals surface area contributed by atoms with Crippen molar-refractivity contribution in [2.75, 3.05) is 26.0 Å². The van der Waals surface area contributed by atoms with E-state index in [1.807, 2.05) is 0 Å². The topological polar surface area (TPSA) is 129 Å². The third kappa shape index (κ3) is 6.01. The normalized spacial score (nSPS) is 14.2. The number of ether oxygens (including phenoxy) is 1. The summed E-state index contributed by atoms with van der Waals surface area (Å²) in [5.41, 5.74) is -0.330. The highest BCUT2D eigenvalue weighted by Crippen LogP contribution is 2.39. The fraction of sp³-hybridized carbons (Fsp3) is 0.290. The van der Waals surface area contributed by atoms with Crippen LogP contribution in [0.25, 0.3) is 33.6 Å². The van der Waals surface area contributed by atoms with Crippen molar-refractivity contribution < 1.29 is 36.3 Å². The second-order valence-corrected chi connectivity index (χ2v) is 10.4. The first kappa shape index (κ1) is 30.3. The van der Waals surface area contributed by atoms with Crippen LogP contribution in [0.2, 0.25) is 0 Å². The predicted octanol–water partition coefficient (Wildman–Crippen LogP) is 6.21. The third-order valence-corrected chi connectivity index (χ3v) is 7.48. The zero-order chi connectivity index (χ0) is 31.6. The monoisotopic (exact) mass is 609 g/mol. The number of methoxy groups -OCH3 is 1. The van der Waals surface area contributed by atoms with Crippen LogP contribution >= 0.6 is 0 Å². The molecule has 0 unspecified atom stereocenters. The van der Waals surface area contributed by atoms with E-state index in [-0.39, 0.29) is 50.7 Å². The van der Waals surface area contributed by atoms with Crippen molar-refractivity contribution in [3.8, 4) is 34.3 Å². The van der Waals surface area contributed by atoms with Gasteiger partial charge in [0, 0.05) is 18.2 Å². The fourth-order valence-corrected chi connectivity index (χ4v) is 5.30. The lowest BCUT2D eigenvalue weighted by molar-refractivity contribution is -0.115. The molecule has 1 aliphatic carbocycles. The van der Waals surface area contributed by atoms with Gasteiger partial charge < -0.3 is 25.1 Å². The molecule has 2 aromatic heterocycles. The number of furan rings is 1. The van der Waals surface area contributed by atoms with E-state index in [1.165, 1.54) is 62.7 Å². The maximum Gasteiger partial charge on any atom is 0.405 e. The lowest BCUT2D eigenvalue weighted by Crippen LogP contribution is -2.45. The Labute approximate surface area is 249 Å². The van der Waals surface area contributed by atoms with E-state index in [1.54, 1.807) is 0 Å². The lowest BCUT2D eigenvalue weighted by Gasteiger charge is -2.23. The number of nitriles is 1. The fourth-order valence-electron chi connectivity index (χ4n) is 5.30. The second-order valence-electron chi connectivity index (χ2n) is 10.4. The number of aromatic nitrogens is 1. The number of halogens is 4. The van der Waals surface area contributed by atoms with Gasteiger partial charge in [-0.3, -0.25) is 9.59 Å². The number of carbonyl (C=O) groups is 2. The van der Waals surface area contributed by atoms with Gasteiger partial charge in [-0.15, -0.1) is 0 Å². The summed E-state index contributed by atoms with van der Waals surface area (Å²) >= 11 is 0. The molecule has 228 valence electrons. The molecule has 2 amide bonds. The smallest absolute Gasteiger partial charge is 0.405 e. The number of fused-ring (bicyclic) bond motifs is 1. The summed E-state index contributed by atoms with van der Waals surface area (Å²) in [5, 5.41) is 17.5. The molecule has 0 aliphatic heterocycles. The maximum atomic E-state index is 13.6. The zero-order valence-corrected chi connectivity index (χ0v) is 23.7. The molecule has 0 bridgehead atoms. The number of pyridine rings is 1. The van der Waals surface area contributed by atoms with Gasteiger partial charge in [0.05, 0.1) is 29.7 Å². The first-order valence-electron chi connectivity index (χ1n) is 13.7. The minimum absolute atomic E-state index is 0.0360. The molecule has 9 nitrogen and oxygen atoms in total. The number of amides is 2. The molecule has 1 aliphatic rings. The van der Waals surface area contributed by atoms with Gasteiger partial charge in [-0.1, -0.05) is 6.07 Å². The molecule has 4 aromatic rings. The second kappa shape index (κ2) is 11.9. The van der Waals surface area contributed by atoms with E-state index in [0.717, 1.165) is 12.8 Å². The molecular weight excluding hydrogens is 582 g/mol. The van der Waals surface area contributed by atoms with Crippen LogP contribution in [0.3, 0.4) is 0 Å². The largest absolute Gasteiger partial charge is 0.496 e. The third-order valence-electron chi connectivity index (χ3n) is 7.48. The van der Waals surface area contributed by atoms with E-state index in [2.05, 4.69) is 27.0 Å². The number of hydrogen-bond donors (Lipinski definition) is 3. The predicted molar refractivity (Wildman–Crippen MR) is 154 cm³/mol. The van der Waals surface area contributed by atoms with Crippen molar-refractivity contribution in [1.82, 2.24) is 15.6 Å². The summed E-state index contributed by atoms with van der Waals surface area (Å²) in [4.78, 5) is 30.8. The summed E-state index contributed by atoms with van der Waals surface area (Å²) < 4.78 is 64.8. The Kier molecular flexibility index (Phi) is 8.19. The zero-order valence-electron chi connectivity index (χ0n) is 23.7. The Bertz CT molecular complexity index is 1770. The average Bonchev–Trinajstić information content (AvgIpc) is 3.63. The van der Waals surface area contributed by atoms with Gasteiger partial charge in [0.15, 0.2) is 0 Å². The van der Waals surface area contributed by atoms with Crippen LogP contribution in [0.4, 0.5) is 23.4 Å². The molecule has 0 spiro atoms. The number of carbonyl (C=O) groups excluding carboxylic acids is 2. The quantitative estimate of drug-likeness (QED) is 0.203. The highest BCUT2D eigenvalue weighted by Gasteiger charge is 2.36. The van der Waals surface area contributed by atoms with Gasteiger partial charge in [0.25, 0.3) is 11.8 Å². The van der Waals surface area contributed by atoms with E-state index < -0.39 is 35.9 Å². The Morgan fingerprint density at radius 2 is 1.75 bits per heavy atom. The van der Waals surface area contributed by atoms with Gasteiger partial charge in [-0.2, -0.15) is 23.4 Å². The first-order valence-corrected chi connectivity index (χ1v) is 13.7. The van der Waals surface area contributed by atoms with Crippen LogP contribution in [-0.4, -0.2) is 49.2 Å². The van der Waals surface area contributed by atoms with Crippen molar-refractivity contribution in [3.05, 3.63) is 65.5 Å². The molecule has 44 heavy (non-hydrogen) atoms. The molecule has 13 heteroatoms. The van der Waals surface area contributed by atoms with Gasteiger partial charge in [0.1, 0.15) is 35.2 Å². The molecule has 0 radical (unpaired) electrons. The number of nitrogens with zero attached hydrogens (tertiary/aromatic N) is 2. The molecular formula is C31H27F4N5O4. The number of rotatable bonds is 8. The van der Waals surface area contributed by atoms with E-state index >= 15 is 0 Å². The number of alkyl halides is 3. The van der Waals surface area contributed by atoms with Gasteiger partial charge in [-0.05, 0) is 73.7 Å². The van der Waals surface area contributed by atoms with Crippen molar-refractivity contribution in [1.29, 1.82) is 5.26 Å². The molecule has 1 fully saturated rings. The molecule has 0 atom stereocenters. The van der Waals surface area contributed by atoms with Crippen LogP contribution in [0.1, 0.15) is 46.4 Å².